The molecule has 3 aliphatic rings. The van der Waals surface area contributed by atoms with Crippen LogP contribution in [0.5, 0.6) is 5.75 Å². The van der Waals surface area contributed by atoms with Gasteiger partial charge in [-0.05, 0) is 186 Å². The number of aliphatic carboxylic acids is 2. The number of hydrogen-bond donors (Lipinski definition) is 9. The fourth-order valence-electron chi connectivity index (χ4n) is 15.1. The number of ketones is 2. The van der Waals surface area contributed by atoms with E-state index in [0.29, 0.717) is 88.1 Å². The molecule has 4 atom stereocenters. The number of unbranched alkanes of at least 4 members (excludes halogenated alkanes) is 8. The molecule has 0 saturated carbocycles. The largest absolute Gasteiger partial charge is 0.481 e. The average Bonchev–Trinajstić information content (AvgIpc) is 1.59. The molecule has 5 amide bonds. The van der Waals surface area contributed by atoms with Gasteiger partial charge in [-0.25, -0.2) is 9.59 Å². The number of allylic oxidation sites excluding steroid dienone is 7. The molecule has 2 heterocycles. The maximum absolute atomic E-state index is 14.5. The van der Waals surface area contributed by atoms with Crippen LogP contribution < -0.4 is 36.2 Å². The summed E-state index contributed by atoms with van der Waals surface area (Å²) < 4.78 is 79.4. The minimum absolute atomic E-state index is 0.0480. The van der Waals surface area contributed by atoms with Crippen molar-refractivity contribution in [3.63, 3.8) is 0 Å². The SMILES string of the molecule is CCCCC[N+]1=C(/C=C/C2=C(Oc3ccc(CCNC(=O)C[C@H](NC(=O)[C@@H](CC(=O)[C@H](Cc4ccccc4)NC(=O)CCCCCCCCC(=O)CCCNC(=O)N[C@@H](C)CCC(=O)O)Cc4ccccc4)C(=O)O)cc3)C(=C/C=C3/N(CCCC)c4ccc(S(=O)(=O)O)cc4C3(C)C)/CCC2)C(C)(C)c2cc(S(=O)(=O)O)ccc21. The monoisotopic (exact) mass is 1620 g/mol. The van der Waals surface area contributed by atoms with E-state index in [0.717, 1.165) is 127 Å². The first-order valence-electron chi connectivity index (χ1n) is 40.5. The lowest BCUT2D eigenvalue weighted by molar-refractivity contribution is -0.438. The number of anilines is 1. The van der Waals surface area contributed by atoms with E-state index < -0.39 is 91.1 Å². The van der Waals surface area contributed by atoms with Gasteiger partial charge >= 0.3 is 18.0 Å². The molecule has 0 radical (unpaired) electrons. The van der Waals surface area contributed by atoms with Crippen molar-refractivity contribution in [1.82, 2.24) is 26.6 Å². The fraction of sp³-hybridized carbons (Fsp3) is 0.472. The molecule has 0 fully saturated rings. The molecular formula is C89H116N7O17S2+. The Morgan fingerprint density at radius 2 is 1.22 bits per heavy atom. The molecule has 0 aromatic heterocycles. The van der Waals surface area contributed by atoms with Gasteiger partial charge in [0.2, 0.25) is 23.4 Å². The summed E-state index contributed by atoms with van der Waals surface area (Å²) >= 11 is 0. The summed E-state index contributed by atoms with van der Waals surface area (Å²) in [5.74, 6) is -4.37. The molecule has 0 saturated heterocycles. The van der Waals surface area contributed by atoms with Gasteiger partial charge in [-0.2, -0.15) is 21.4 Å². The second-order valence-electron chi connectivity index (χ2n) is 31.4. The number of carbonyl (C=O) groups is 8. The van der Waals surface area contributed by atoms with Crippen LogP contribution in [0.2, 0.25) is 0 Å². The summed E-state index contributed by atoms with van der Waals surface area (Å²) in [5, 5.41) is 33.0. The number of Topliss-reactive ketones (excluding diaryl/α,β-unsaturated/α-hetero) is 2. The first-order chi connectivity index (χ1) is 54.8. The molecule has 0 bridgehead atoms. The molecule has 0 spiro atoms. The van der Waals surface area contributed by atoms with Crippen molar-refractivity contribution in [2.75, 3.05) is 31.1 Å². The van der Waals surface area contributed by atoms with Crippen molar-refractivity contribution < 1.29 is 83.8 Å². The number of urea groups is 1. The maximum Gasteiger partial charge on any atom is 0.326 e. The van der Waals surface area contributed by atoms with Crippen LogP contribution in [0.3, 0.4) is 0 Å². The van der Waals surface area contributed by atoms with Gasteiger partial charge in [0.05, 0.1) is 27.7 Å². The van der Waals surface area contributed by atoms with Crippen molar-refractivity contribution in [2.24, 2.45) is 5.92 Å². The Hall–Kier alpha value is -9.89. The Balaban J connectivity index is 0.910. The summed E-state index contributed by atoms with van der Waals surface area (Å²) in [6, 6.07) is 31.6. The van der Waals surface area contributed by atoms with Crippen molar-refractivity contribution in [2.45, 2.75) is 248 Å². The third-order valence-corrected chi connectivity index (χ3v) is 23.3. The van der Waals surface area contributed by atoms with Gasteiger partial charge in [-0.15, -0.1) is 0 Å². The first-order valence-corrected chi connectivity index (χ1v) is 43.4. The smallest absolute Gasteiger partial charge is 0.326 e. The zero-order valence-electron chi connectivity index (χ0n) is 67.5. The highest BCUT2D eigenvalue weighted by atomic mass is 32.2. The van der Waals surface area contributed by atoms with Gasteiger partial charge < -0.3 is 46.4 Å². The van der Waals surface area contributed by atoms with Crippen LogP contribution in [0.1, 0.15) is 218 Å². The number of amides is 5. The third kappa shape index (κ3) is 27.1. The Bertz CT molecular complexity index is 4650. The van der Waals surface area contributed by atoms with Crippen LogP contribution in [0.4, 0.5) is 16.2 Å². The lowest BCUT2D eigenvalue weighted by Crippen LogP contribution is -2.48. The van der Waals surface area contributed by atoms with Gasteiger partial charge in [0.1, 0.15) is 29.9 Å². The zero-order chi connectivity index (χ0) is 83.5. The number of nitrogens with zero attached hydrogens (tertiary/aromatic N) is 2. The van der Waals surface area contributed by atoms with E-state index in [1.165, 1.54) is 12.1 Å². The lowest BCUT2D eigenvalue weighted by atomic mass is 9.81. The molecule has 9 N–H and O–H groups in total. The van der Waals surface area contributed by atoms with Crippen molar-refractivity contribution in [3.05, 3.63) is 196 Å². The fourth-order valence-corrected chi connectivity index (χ4v) is 16.1. The Morgan fingerprint density at radius 3 is 1.86 bits per heavy atom. The van der Waals surface area contributed by atoms with Crippen LogP contribution in [0, 0.1) is 5.92 Å². The van der Waals surface area contributed by atoms with E-state index in [4.69, 9.17) is 9.84 Å². The third-order valence-electron chi connectivity index (χ3n) is 21.6. The van der Waals surface area contributed by atoms with Crippen LogP contribution in [-0.2, 0) is 83.9 Å². The summed E-state index contributed by atoms with van der Waals surface area (Å²) in [6.45, 7) is 15.9. The molecular weight excluding hydrogens is 1500 g/mol. The number of ether oxygens (including phenoxy) is 1. The molecule has 8 rings (SSSR count). The summed E-state index contributed by atoms with van der Waals surface area (Å²) in [5.41, 5.74) is 7.85. The minimum atomic E-state index is -4.50. The molecule has 115 heavy (non-hydrogen) atoms. The van der Waals surface area contributed by atoms with Crippen LogP contribution in [0.15, 0.2) is 178 Å². The quantitative estimate of drug-likeness (QED) is 0.00992. The molecule has 26 heteroatoms. The molecule has 1 aliphatic carbocycles. The molecule has 5 aromatic carbocycles. The first kappa shape index (κ1) is 90.6. The van der Waals surface area contributed by atoms with E-state index >= 15 is 0 Å². The predicted octanol–water partition coefficient (Wildman–Crippen LogP) is 14.4. The van der Waals surface area contributed by atoms with Crippen molar-refractivity contribution >= 4 is 84.6 Å². The second kappa shape index (κ2) is 43.2. The zero-order valence-corrected chi connectivity index (χ0v) is 69.1. The minimum Gasteiger partial charge on any atom is -0.481 e. The number of rotatable bonds is 47. The molecule has 5 aromatic rings. The molecule has 0 unspecified atom stereocenters. The van der Waals surface area contributed by atoms with Crippen LogP contribution >= 0.6 is 0 Å². The number of carbonyl (C=O) groups excluding carboxylic acids is 6. The van der Waals surface area contributed by atoms with Gasteiger partial charge in [0, 0.05) is 105 Å². The highest BCUT2D eigenvalue weighted by molar-refractivity contribution is 7.86. The molecule has 24 nitrogen and oxygen atoms in total. The number of benzene rings is 5. The van der Waals surface area contributed by atoms with Gasteiger partial charge in [0.15, 0.2) is 11.5 Å². The number of carboxylic acid groups (broad SMARTS) is 2. The van der Waals surface area contributed by atoms with E-state index in [2.05, 4.69) is 74.2 Å². The Labute approximate surface area is 677 Å². The van der Waals surface area contributed by atoms with Crippen LogP contribution in [0.25, 0.3) is 0 Å². The standard InChI is InChI=1S/C89H115N7O17S2/c1-8-10-24-54-96-77-46-44-71(115(110,111)112)59-73(77)89(6,7)80(96)48-40-66-32-25-31-65(39-47-79-88(4,5)72-58-70(114(107,108)109)43-45-76(72)95(79)53-11-9-2)84(66)113-69-41-37-62(38-42-69)50-52-90-82(100)60-75(86(104)105)94-85(103)67(55-63-27-18-16-19-28-63)57-78(98)74(56-64-29-20-17-21-30-64)93-81(99)35-23-15-13-12-14-22-33-68(97)34-26-51-91-87(106)92-61(3)36-49-83(101)102/h16-21,27-30,37-48,58-59,61,67,74-75H,8-15,22-26,31-36,49-57,60H2,1-7H3,(H8-,90,91,92,93,94,99,100,101,102,103,104,105,106,107,108,109,110,111,112)/p+1/t61-,67+,74-,75-/m0/s1. The van der Waals surface area contributed by atoms with Crippen molar-refractivity contribution in [1.29, 1.82) is 0 Å². The lowest BCUT2D eigenvalue weighted by Gasteiger charge is -2.27. The summed E-state index contributed by atoms with van der Waals surface area (Å²) in [6.07, 6.45) is 20.8. The normalized spacial score (nSPS) is 16.2. The summed E-state index contributed by atoms with van der Waals surface area (Å²) in [7, 11) is -8.99. The van der Waals surface area contributed by atoms with E-state index in [-0.39, 0.29) is 66.2 Å². The number of hydrogen-bond acceptors (Lipinski definition) is 14. The van der Waals surface area contributed by atoms with Crippen molar-refractivity contribution in [3.8, 4) is 5.75 Å². The average molecular weight is 1620 g/mol. The van der Waals surface area contributed by atoms with Crippen LogP contribution in [-0.4, -0.2) is 138 Å². The van der Waals surface area contributed by atoms with Gasteiger partial charge in [-0.3, -0.25) is 37.9 Å². The Kier molecular flexibility index (Phi) is 34.0. The second-order valence-corrected chi connectivity index (χ2v) is 34.2. The highest BCUT2D eigenvalue weighted by Crippen LogP contribution is 2.49. The number of fused-ring (bicyclic) bond motifs is 2. The van der Waals surface area contributed by atoms with E-state index in [1.54, 1.807) is 61.5 Å². The number of nitrogens with one attached hydrogen (secondary N) is 5. The van der Waals surface area contributed by atoms with E-state index in [1.807, 2.05) is 82.3 Å². The van der Waals surface area contributed by atoms with E-state index in [9.17, 15) is 69.4 Å². The highest BCUT2D eigenvalue weighted by Gasteiger charge is 2.46. The van der Waals surface area contributed by atoms with Gasteiger partial charge in [0.25, 0.3) is 20.2 Å². The van der Waals surface area contributed by atoms with Gasteiger partial charge in [-0.1, -0.05) is 145 Å². The number of carboxylic acids is 2. The maximum atomic E-state index is 14.5. The molecule has 620 valence electrons. The Morgan fingerprint density at radius 1 is 0.591 bits per heavy atom. The predicted molar refractivity (Wildman–Crippen MR) is 444 cm³/mol. The summed E-state index contributed by atoms with van der Waals surface area (Å²) in [4.78, 5) is 106. The topological polar surface area (TPSA) is 361 Å². The molecule has 2 aliphatic heterocycles.